The monoisotopic (exact) mass is 1850 g/mol. The van der Waals surface area contributed by atoms with Crippen LogP contribution in [-0.4, -0.2) is 280 Å². The summed E-state index contributed by atoms with van der Waals surface area (Å²) in [5.74, 6) is -79.1. The Labute approximate surface area is 728 Å². The first kappa shape index (κ1) is 87.3. The number of hydrogen-bond donors (Lipinski definition) is 31. The molecule has 10 aromatic rings. The van der Waals surface area contributed by atoms with Crippen molar-refractivity contribution in [3.63, 3.8) is 0 Å². The maximum absolute atomic E-state index is 16.8. The molecule has 7 aliphatic rings. The van der Waals surface area contributed by atoms with Crippen molar-refractivity contribution in [3.05, 3.63) is 127 Å². The van der Waals surface area contributed by atoms with Gasteiger partial charge in [0.05, 0.1) is 61.6 Å². The molecule has 51 heteroatoms. The molecule has 0 unspecified atom stereocenters. The predicted molar refractivity (Wildman–Crippen MR) is 411 cm³/mol. The van der Waals surface area contributed by atoms with Crippen LogP contribution in [0.2, 0.25) is 0 Å². The number of aromatic hydroxyl groups is 30. The minimum Gasteiger partial charge on any atom is -0.504 e. The minimum absolute atomic E-state index is 0.0511. The van der Waals surface area contributed by atoms with Crippen molar-refractivity contribution in [2.24, 2.45) is 0 Å². The highest BCUT2D eigenvalue weighted by Gasteiger charge is 2.60. The fourth-order valence-corrected chi connectivity index (χ4v) is 16.2. The van der Waals surface area contributed by atoms with Gasteiger partial charge in [0.15, 0.2) is 175 Å². The van der Waals surface area contributed by atoms with Gasteiger partial charge in [-0.3, -0.25) is 0 Å². The molecule has 0 spiro atoms. The maximum atomic E-state index is 16.8. The third-order valence-electron chi connectivity index (χ3n) is 22.3. The van der Waals surface area contributed by atoms with Gasteiger partial charge in [0.25, 0.3) is 0 Å². The Hall–Kier alpha value is -19.1. The fourth-order valence-electron chi connectivity index (χ4n) is 16.2. The van der Waals surface area contributed by atoms with Crippen LogP contribution >= 0.6 is 0 Å². The van der Waals surface area contributed by atoms with E-state index < -0.39 is 423 Å². The average molecular weight is 1860 g/mol. The van der Waals surface area contributed by atoms with E-state index in [1.165, 1.54) is 0 Å². The van der Waals surface area contributed by atoms with Gasteiger partial charge in [0.1, 0.15) is 19.3 Å². The molecule has 10 atom stereocenters. The van der Waals surface area contributed by atoms with Crippen molar-refractivity contribution < 1.29 is 254 Å². The number of fused-ring (bicyclic) bond motifs is 13. The smallest absolute Gasteiger partial charge is 0.339 e. The number of aliphatic hydroxyl groups excluding tert-OH is 1. The lowest BCUT2D eigenvalue weighted by atomic mass is 9.72. The average Bonchev–Trinajstić information content (AvgIpc) is 1.12. The molecule has 31 N–H and O–H groups in total. The Bertz CT molecular complexity index is 6990. The Balaban J connectivity index is 1.00. The van der Waals surface area contributed by atoms with Crippen molar-refractivity contribution in [1.29, 1.82) is 0 Å². The van der Waals surface area contributed by atoms with Crippen LogP contribution < -0.4 is 0 Å². The molecule has 0 radical (unpaired) electrons. The van der Waals surface area contributed by atoms with E-state index in [-0.39, 0.29) is 42.5 Å². The molecule has 133 heavy (non-hydrogen) atoms. The molecule has 0 saturated carbocycles. The van der Waals surface area contributed by atoms with E-state index in [1.54, 1.807) is 0 Å². The predicted octanol–water partition coefficient (Wildman–Crippen LogP) is 3.09. The molecule has 7 heterocycles. The maximum Gasteiger partial charge on any atom is 0.339 e. The van der Waals surface area contributed by atoms with Crippen LogP contribution in [0.5, 0.6) is 172 Å². The number of benzene rings is 10. The first-order chi connectivity index (χ1) is 62.5. The van der Waals surface area contributed by atoms with Crippen LogP contribution in [0, 0.1) is 0 Å². The molecule has 688 valence electrons. The zero-order valence-electron chi connectivity index (χ0n) is 64.9. The molecule has 51 nitrogen and oxygen atoms in total. The van der Waals surface area contributed by atoms with E-state index in [0.29, 0.717) is 12.1 Å². The van der Waals surface area contributed by atoms with Crippen molar-refractivity contribution in [2.45, 2.75) is 60.9 Å². The summed E-state index contributed by atoms with van der Waals surface area (Å²) >= 11 is 0. The number of aliphatic hydroxyl groups is 1. The highest BCUT2D eigenvalue weighted by molar-refractivity contribution is 6.15. The number of rotatable bonds is 7. The van der Waals surface area contributed by atoms with Gasteiger partial charge in [-0.2, -0.15) is 0 Å². The Morgan fingerprint density at radius 1 is 0.226 bits per heavy atom. The van der Waals surface area contributed by atoms with E-state index in [1.807, 2.05) is 0 Å². The third kappa shape index (κ3) is 13.0. The van der Waals surface area contributed by atoms with Gasteiger partial charge in [0.2, 0.25) is 46.0 Å². The number of hydrogen-bond acceptors (Lipinski definition) is 51. The molecule has 0 saturated heterocycles. The summed E-state index contributed by atoms with van der Waals surface area (Å²) in [7, 11) is 0. The second kappa shape index (κ2) is 30.6. The number of carbonyl (C=O) groups excluding carboxylic acids is 10. The lowest BCUT2D eigenvalue weighted by molar-refractivity contribution is -0.154. The van der Waals surface area contributed by atoms with E-state index in [4.69, 9.17) is 47.4 Å². The summed E-state index contributed by atoms with van der Waals surface area (Å²) in [6.45, 7) is -4.21. The largest absolute Gasteiger partial charge is 0.504 e. The number of carbonyl (C=O) groups is 10. The van der Waals surface area contributed by atoms with Crippen LogP contribution in [0.3, 0.4) is 0 Å². The van der Waals surface area contributed by atoms with Gasteiger partial charge in [-0.1, -0.05) is 0 Å². The third-order valence-corrected chi connectivity index (χ3v) is 22.3. The van der Waals surface area contributed by atoms with Crippen molar-refractivity contribution >= 4 is 59.7 Å². The van der Waals surface area contributed by atoms with Crippen molar-refractivity contribution in [3.8, 4) is 217 Å². The van der Waals surface area contributed by atoms with Gasteiger partial charge in [0, 0.05) is 61.2 Å². The summed E-state index contributed by atoms with van der Waals surface area (Å²) in [5.41, 5.74) is -33.5. The second-order valence-electron chi connectivity index (χ2n) is 29.7. The van der Waals surface area contributed by atoms with Gasteiger partial charge < -0.3 is 206 Å². The lowest BCUT2D eigenvalue weighted by Gasteiger charge is -2.43. The summed E-state index contributed by atoms with van der Waals surface area (Å²) < 4.78 is 58.1. The molecule has 0 amide bonds. The summed E-state index contributed by atoms with van der Waals surface area (Å²) in [5, 5.41) is 358. The molecule has 7 aliphatic heterocycles. The normalized spacial score (nSPS) is 20.1. The SMILES string of the molecule is O=C(O[C@@H]1COC(=O)c2c(c(O)c(O)c(O)c2[C@H]2c3c(O)c(O)c(O)c4c3C(=O)O[C@@H]2[C@H]([C@@H]2OC(=O)c3cc(O)c(O)c(O)c3-c3c(cc(O)c(O)c3O)C(=O)OC[C@H]2OC(=O)c2cc(O)c(O)c(O)c2)OC(=O)c2cc(O)c(O)c(O)c2-4)-c2c(cc(O)c(O)c2O)C(=O)O[C@H]1[C@@H]1OC(=O)c2cc(O)c(O)c(O)c2-c2c(O)c(O)c(O)c3c2C(=O)O[C@H]1[C@@H]3O)c1cc(O)c(O)c(O)c1. The Morgan fingerprint density at radius 2 is 0.459 bits per heavy atom. The van der Waals surface area contributed by atoms with Crippen molar-refractivity contribution in [2.75, 3.05) is 13.2 Å². The number of ether oxygens (including phenoxy) is 10. The highest BCUT2D eigenvalue weighted by atomic mass is 16.7. The van der Waals surface area contributed by atoms with Crippen molar-refractivity contribution in [1.82, 2.24) is 0 Å². The molecule has 0 aromatic heterocycles. The zero-order valence-corrected chi connectivity index (χ0v) is 64.9. The Morgan fingerprint density at radius 3 is 0.782 bits per heavy atom. The topological polar surface area (TPSA) is 890 Å². The van der Waals surface area contributed by atoms with Gasteiger partial charge in [-0.25, -0.2) is 47.9 Å². The van der Waals surface area contributed by atoms with Crippen LogP contribution in [0.1, 0.15) is 132 Å². The Kier molecular flexibility index (Phi) is 20.1. The molecule has 10 aromatic carbocycles. The highest BCUT2D eigenvalue weighted by Crippen LogP contribution is 2.66. The summed E-state index contributed by atoms with van der Waals surface area (Å²) in [6.07, 6.45) is -30.0. The number of phenols is 30. The first-order valence-corrected chi connectivity index (χ1v) is 37.1. The van der Waals surface area contributed by atoms with Crippen LogP contribution in [0.4, 0.5) is 0 Å². The number of esters is 10. The molecular formula is C82H54O51. The van der Waals surface area contributed by atoms with E-state index in [2.05, 4.69) is 0 Å². The molecule has 6 bridgehead atoms. The van der Waals surface area contributed by atoms with Crippen LogP contribution in [-0.2, 0) is 47.4 Å². The zero-order chi connectivity index (χ0) is 96.8. The van der Waals surface area contributed by atoms with E-state index in [0.717, 1.165) is 0 Å². The molecule has 17 rings (SSSR count). The minimum atomic E-state index is -3.65. The fraction of sp³-hybridized carbons (Fsp3) is 0.146. The van der Waals surface area contributed by atoms with Crippen LogP contribution in [0.15, 0.2) is 54.6 Å². The lowest BCUT2D eigenvalue weighted by Crippen LogP contribution is -2.56. The molecule has 0 aliphatic carbocycles. The standard InChI is InChI=1S/C82H54O51/c83-19-1-12(2-20(84)45(19)92)73(114)126-28-10-124-75(116)14-5-23(87)47(94)52(99)30(14)31-15(6-24(88)48(95)53(31)100)76(117)128-67(28)71-69-40(39-42(81(122)130-69)36(58(105)65(112)61(39)108)33-17(78(119)132-71)8-26(90)50(97)55(33)102)38-41-35(57(104)64(111)60(38)107)32-16(7-25(89)49(96)54(32)101)77(118)129-68(29(11-125-80(41)121)127-74(115)13-3-21(85)46(93)22(86)4-13)72-70-63(110)44-43(82(123)131-70)37(59(106)66(113)62(44)109)34-18(79(120)133-72)9-27(91)51(98)56(34)103/h1-9,28-29,40,63,67-72,83-113H,10-11H2/t28-,29-,40+,63-,67-,68-,69+,70+,71+,72+/m1/s1. The van der Waals surface area contributed by atoms with Crippen LogP contribution in [0.25, 0.3) is 44.5 Å². The molecule has 0 fully saturated rings. The van der Waals surface area contributed by atoms with E-state index in [9.17, 15) is 177 Å². The quantitative estimate of drug-likeness (QED) is 0.0619. The van der Waals surface area contributed by atoms with Gasteiger partial charge in [-0.05, 0) is 54.6 Å². The van der Waals surface area contributed by atoms with Gasteiger partial charge in [-0.15, -0.1) is 0 Å². The second-order valence-corrected chi connectivity index (χ2v) is 29.7. The van der Waals surface area contributed by atoms with Gasteiger partial charge >= 0.3 is 59.7 Å². The number of cyclic esters (lactones) is 5. The summed E-state index contributed by atoms with van der Waals surface area (Å²) in [4.78, 5) is 156. The number of phenolic OH excluding ortho intramolecular Hbond substituents is 30. The van der Waals surface area contributed by atoms with E-state index >= 15 is 28.8 Å². The first-order valence-electron chi connectivity index (χ1n) is 37.1. The molecular weight excluding hydrogens is 1800 g/mol. The summed E-state index contributed by atoms with van der Waals surface area (Å²) in [6, 6.07) is 1.68.